The van der Waals surface area contributed by atoms with Gasteiger partial charge in [-0.15, -0.1) is 0 Å². The van der Waals surface area contributed by atoms with Crippen molar-refractivity contribution in [2.45, 2.75) is 13.8 Å². The van der Waals surface area contributed by atoms with Gasteiger partial charge in [0, 0.05) is 22.6 Å². The van der Waals surface area contributed by atoms with Crippen molar-refractivity contribution in [3.8, 4) is 0 Å². The number of anilines is 3. The highest BCUT2D eigenvalue weighted by Crippen LogP contribution is 2.25. The Hall–Kier alpha value is -2.33. The third-order valence-electron chi connectivity index (χ3n) is 3.38. The molecule has 0 aliphatic heterocycles. The lowest BCUT2D eigenvalue weighted by Gasteiger charge is -2.12. The van der Waals surface area contributed by atoms with Crippen molar-refractivity contribution < 1.29 is 0 Å². The van der Waals surface area contributed by atoms with Crippen LogP contribution in [0.5, 0.6) is 0 Å². The Bertz CT molecular complexity index is 817. The number of aromatic nitrogens is 2. The maximum Gasteiger partial charge on any atom is 0.229 e. The number of benzene rings is 2. The molecule has 1 aromatic heterocycles. The molecule has 1 heterocycles. The summed E-state index contributed by atoms with van der Waals surface area (Å²) >= 11 is 6.00. The topological polar surface area (TPSA) is 49.8 Å². The molecular formula is C17H17ClN4. The smallest absolute Gasteiger partial charge is 0.229 e. The number of nitrogens with zero attached hydrogens (tertiary/aromatic N) is 2. The van der Waals surface area contributed by atoms with Gasteiger partial charge in [0.25, 0.3) is 0 Å². The van der Waals surface area contributed by atoms with Gasteiger partial charge in [-0.1, -0.05) is 23.7 Å². The molecule has 3 aromatic rings. The van der Waals surface area contributed by atoms with Crippen LogP contribution in [0.1, 0.15) is 12.5 Å². The van der Waals surface area contributed by atoms with E-state index in [1.165, 1.54) is 0 Å². The highest BCUT2D eigenvalue weighted by Gasteiger charge is 2.08. The van der Waals surface area contributed by atoms with E-state index in [0.29, 0.717) is 5.95 Å². The lowest BCUT2D eigenvalue weighted by molar-refractivity contribution is 1.14. The van der Waals surface area contributed by atoms with E-state index >= 15 is 0 Å². The summed E-state index contributed by atoms with van der Waals surface area (Å²) in [6, 6.07) is 13.7. The molecule has 0 amide bonds. The van der Waals surface area contributed by atoms with Crippen LogP contribution in [-0.2, 0) is 0 Å². The maximum absolute atomic E-state index is 6.00. The summed E-state index contributed by atoms with van der Waals surface area (Å²) in [6.07, 6.45) is 0. The number of hydrogen-bond acceptors (Lipinski definition) is 4. The van der Waals surface area contributed by atoms with Gasteiger partial charge in [-0.05, 0) is 49.7 Å². The minimum Gasteiger partial charge on any atom is -0.370 e. The Kier molecular flexibility index (Phi) is 4.11. The molecule has 0 saturated carbocycles. The number of fused-ring (bicyclic) bond motifs is 1. The summed E-state index contributed by atoms with van der Waals surface area (Å²) in [5, 5.41) is 8.29. The molecule has 2 N–H and O–H groups in total. The molecule has 0 aliphatic carbocycles. The zero-order chi connectivity index (χ0) is 15.5. The molecule has 0 saturated heterocycles. The van der Waals surface area contributed by atoms with Gasteiger partial charge in [0.1, 0.15) is 5.82 Å². The van der Waals surface area contributed by atoms with Gasteiger partial charge in [-0.25, -0.2) is 4.98 Å². The zero-order valence-corrected chi connectivity index (χ0v) is 13.3. The van der Waals surface area contributed by atoms with Gasteiger partial charge < -0.3 is 10.6 Å². The van der Waals surface area contributed by atoms with Crippen LogP contribution >= 0.6 is 11.6 Å². The normalized spacial score (nSPS) is 10.7. The Balaban J connectivity index is 2.03. The summed E-state index contributed by atoms with van der Waals surface area (Å²) in [4.78, 5) is 9.16. The van der Waals surface area contributed by atoms with Crippen LogP contribution in [0.3, 0.4) is 0 Å². The van der Waals surface area contributed by atoms with Gasteiger partial charge in [-0.3, -0.25) is 0 Å². The quantitative estimate of drug-likeness (QED) is 0.728. The monoisotopic (exact) mass is 312 g/mol. The molecule has 0 bridgehead atoms. The third-order valence-corrected chi connectivity index (χ3v) is 3.62. The molecule has 0 unspecified atom stereocenters. The summed E-state index contributed by atoms with van der Waals surface area (Å²) in [6.45, 7) is 4.86. The molecule has 3 rings (SSSR count). The van der Waals surface area contributed by atoms with E-state index in [0.717, 1.165) is 39.5 Å². The van der Waals surface area contributed by atoms with E-state index in [9.17, 15) is 0 Å². The van der Waals surface area contributed by atoms with Crippen LogP contribution in [0.25, 0.3) is 10.9 Å². The molecule has 22 heavy (non-hydrogen) atoms. The Morgan fingerprint density at radius 1 is 1.09 bits per heavy atom. The van der Waals surface area contributed by atoms with Crippen LogP contribution in [0.4, 0.5) is 17.5 Å². The standard InChI is InChI=1S/C17H17ClN4/c1-3-19-16-13-6-4-5-7-15(13)21-17(22-16)20-14-9-8-12(18)10-11(14)2/h4-10H,3H2,1-2H3,(H2,19,20,21,22). The molecule has 0 aliphatic rings. The number of halogens is 1. The number of hydrogen-bond donors (Lipinski definition) is 2. The van der Waals surface area contributed by atoms with Gasteiger partial charge in [0.05, 0.1) is 5.52 Å². The molecule has 5 heteroatoms. The lowest BCUT2D eigenvalue weighted by atomic mass is 10.2. The van der Waals surface area contributed by atoms with E-state index in [2.05, 4.69) is 20.6 Å². The Morgan fingerprint density at radius 3 is 2.68 bits per heavy atom. The Morgan fingerprint density at radius 2 is 1.91 bits per heavy atom. The second kappa shape index (κ2) is 6.20. The van der Waals surface area contributed by atoms with Crippen LogP contribution in [-0.4, -0.2) is 16.5 Å². The van der Waals surface area contributed by atoms with Crippen LogP contribution in [0.15, 0.2) is 42.5 Å². The van der Waals surface area contributed by atoms with Crippen molar-refractivity contribution in [3.63, 3.8) is 0 Å². The summed E-state index contributed by atoms with van der Waals surface area (Å²) in [5.41, 5.74) is 2.90. The molecule has 0 spiro atoms. The third kappa shape index (κ3) is 2.97. The van der Waals surface area contributed by atoms with Gasteiger partial charge in [0.15, 0.2) is 0 Å². The summed E-state index contributed by atoms with van der Waals surface area (Å²) in [5.74, 6) is 1.40. The largest absolute Gasteiger partial charge is 0.370 e. The average Bonchev–Trinajstić information content (AvgIpc) is 2.50. The van der Waals surface area contributed by atoms with Crippen LogP contribution < -0.4 is 10.6 Å². The van der Waals surface area contributed by atoms with Crippen molar-refractivity contribution >= 4 is 40.0 Å². The molecule has 0 atom stereocenters. The second-order valence-electron chi connectivity index (χ2n) is 5.03. The van der Waals surface area contributed by atoms with Crippen LogP contribution in [0, 0.1) is 6.92 Å². The molecule has 4 nitrogen and oxygen atoms in total. The van der Waals surface area contributed by atoms with Gasteiger partial charge in [0.2, 0.25) is 5.95 Å². The average molecular weight is 313 g/mol. The van der Waals surface area contributed by atoms with Gasteiger partial charge >= 0.3 is 0 Å². The second-order valence-corrected chi connectivity index (χ2v) is 5.46. The lowest BCUT2D eigenvalue weighted by Crippen LogP contribution is -2.05. The van der Waals surface area contributed by atoms with E-state index in [1.807, 2.05) is 56.3 Å². The molecular weight excluding hydrogens is 296 g/mol. The van der Waals surface area contributed by atoms with Crippen molar-refractivity contribution in [2.75, 3.05) is 17.2 Å². The fourth-order valence-electron chi connectivity index (χ4n) is 2.32. The highest BCUT2D eigenvalue weighted by atomic mass is 35.5. The summed E-state index contributed by atoms with van der Waals surface area (Å²) < 4.78 is 0. The van der Waals surface area contributed by atoms with E-state index in [4.69, 9.17) is 11.6 Å². The fraction of sp³-hybridized carbons (Fsp3) is 0.176. The number of nitrogens with one attached hydrogen (secondary N) is 2. The first-order chi connectivity index (χ1) is 10.7. The molecule has 0 radical (unpaired) electrons. The summed E-state index contributed by atoms with van der Waals surface area (Å²) in [7, 11) is 0. The fourth-order valence-corrected chi connectivity index (χ4v) is 2.55. The minimum atomic E-state index is 0.570. The number of para-hydroxylation sites is 1. The van der Waals surface area contributed by atoms with E-state index in [1.54, 1.807) is 0 Å². The van der Waals surface area contributed by atoms with Crippen molar-refractivity contribution in [1.29, 1.82) is 0 Å². The van der Waals surface area contributed by atoms with Crippen molar-refractivity contribution in [1.82, 2.24) is 9.97 Å². The number of aryl methyl sites for hydroxylation is 1. The first-order valence-corrected chi connectivity index (χ1v) is 7.59. The zero-order valence-electron chi connectivity index (χ0n) is 12.5. The van der Waals surface area contributed by atoms with Crippen LogP contribution in [0.2, 0.25) is 5.02 Å². The molecule has 112 valence electrons. The Labute approximate surface area is 134 Å². The SMILES string of the molecule is CCNc1nc(Nc2ccc(Cl)cc2C)nc2ccccc12. The number of rotatable bonds is 4. The van der Waals surface area contributed by atoms with Crippen molar-refractivity contribution in [2.24, 2.45) is 0 Å². The molecule has 2 aromatic carbocycles. The first kappa shape index (κ1) is 14.6. The van der Waals surface area contributed by atoms with Crippen molar-refractivity contribution in [3.05, 3.63) is 53.1 Å². The predicted octanol–water partition coefficient (Wildman–Crippen LogP) is 4.77. The minimum absolute atomic E-state index is 0.570. The van der Waals surface area contributed by atoms with Gasteiger partial charge in [-0.2, -0.15) is 4.98 Å². The predicted molar refractivity (Wildman–Crippen MR) is 93.2 cm³/mol. The molecule has 0 fully saturated rings. The first-order valence-electron chi connectivity index (χ1n) is 7.21. The van der Waals surface area contributed by atoms with E-state index in [-0.39, 0.29) is 0 Å². The highest BCUT2D eigenvalue weighted by molar-refractivity contribution is 6.30. The van der Waals surface area contributed by atoms with E-state index < -0.39 is 0 Å². The maximum atomic E-state index is 6.00.